The van der Waals surface area contributed by atoms with Crippen molar-refractivity contribution < 1.29 is 29.0 Å². The van der Waals surface area contributed by atoms with Crippen LogP contribution >= 0.6 is 11.8 Å². The van der Waals surface area contributed by atoms with E-state index >= 15 is 0 Å². The molecule has 1 aromatic carbocycles. The van der Waals surface area contributed by atoms with E-state index in [1.165, 1.54) is 23.9 Å². The van der Waals surface area contributed by atoms with Crippen LogP contribution in [0.25, 0.3) is 0 Å². The fraction of sp³-hybridized carbons (Fsp3) is 0.308. The molecule has 0 unspecified atom stereocenters. The SMILES string of the molecule is O=C(O)C[C@H](NC(=O)CCSc1ccc(F)cc1)C(=O)O. The molecule has 0 aromatic heterocycles. The standard InChI is InChI=1S/C13H14FNO5S/c14-8-1-3-9(4-2-8)21-6-5-11(16)15-10(13(19)20)7-12(17)18/h1-4,10H,5-7H2,(H,15,16)(H,17,18)(H,19,20)/t10-/m0/s1. The molecule has 0 bridgehead atoms. The minimum absolute atomic E-state index is 0.0332. The van der Waals surface area contributed by atoms with Gasteiger partial charge in [0.2, 0.25) is 5.91 Å². The van der Waals surface area contributed by atoms with E-state index < -0.39 is 30.3 Å². The summed E-state index contributed by atoms with van der Waals surface area (Å²) in [4.78, 5) is 33.6. The number of rotatable bonds is 8. The van der Waals surface area contributed by atoms with Crippen molar-refractivity contribution in [1.82, 2.24) is 5.32 Å². The Hall–Kier alpha value is -2.09. The fourth-order valence-corrected chi connectivity index (χ4v) is 2.29. The molecule has 0 aliphatic rings. The third-order valence-corrected chi connectivity index (χ3v) is 3.44. The fourth-order valence-electron chi connectivity index (χ4n) is 1.43. The van der Waals surface area contributed by atoms with Gasteiger partial charge in [0.15, 0.2) is 0 Å². The average molecular weight is 315 g/mol. The van der Waals surface area contributed by atoms with Gasteiger partial charge in [-0.1, -0.05) is 0 Å². The van der Waals surface area contributed by atoms with Crippen LogP contribution in [0, 0.1) is 5.82 Å². The van der Waals surface area contributed by atoms with Crippen LogP contribution in [0.15, 0.2) is 29.2 Å². The lowest BCUT2D eigenvalue weighted by atomic mass is 10.2. The Morgan fingerprint density at radius 3 is 2.33 bits per heavy atom. The number of benzene rings is 1. The Morgan fingerprint density at radius 1 is 1.19 bits per heavy atom. The number of carbonyl (C=O) groups excluding carboxylic acids is 1. The number of hydrogen-bond acceptors (Lipinski definition) is 4. The van der Waals surface area contributed by atoms with E-state index in [1.807, 2.05) is 0 Å². The number of nitrogens with one attached hydrogen (secondary N) is 1. The molecule has 1 aromatic rings. The van der Waals surface area contributed by atoms with Gasteiger partial charge in [0.1, 0.15) is 11.9 Å². The Labute approximate surface area is 124 Å². The Kier molecular flexibility index (Phi) is 6.67. The van der Waals surface area contributed by atoms with E-state index in [4.69, 9.17) is 10.2 Å². The summed E-state index contributed by atoms with van der Waals surface area (Å²) >= 11 is 1.32. The molecule has 0 aliphatic carbocycles. The third kappa shape index (κ3) is 6.75. The van der Waals surface area contributed by atoms with E-state index in [-0.39, 0.29) is 12.2 Å². The molecule has 0 aliphatic heterocycles. The molecule has 114 valence electrons. The molecule has 0 heterocycles. The number of aliphatic carboxylic acids is 2. The van der Waals surface area contributed by atoms with Gasteiger partial charge in [-0.2, -0.15) is 0 Å². The van der Waals surface area contributed by atoms with Gasteiger partial charge in [-0.3, -0.25) is 9.59 Å². The van der Waals surface area contributed by atoms with Crippen molar-refractivity contribution in [3.8, 4) is 0 Å². The molecular formula is C13H14FNO5S. The summed E-state index contributed by atoms with van der Waals surface area (Å²) in [6, 6.07) is 4.31. The van der Waals surface area contributed by atoms with Crippen LogP contribution in [-0.4, -0.2) is 39.9 Å². The van der Waals surface area contributed by atoms with Gasteiger partial charge >= 0.3 is 11.9 Å². The van der Waals surface area contributed by atoms with Crippen molar-refractivity contribution in [2.45, 2.75) is 23.8 Å². The van der Waals surface area contributed by atoms with Crippen molar-refractivity contribution in [2.24, 2.45) is 0 Å². The summed E-state index contributed by atoms with van der Waals surface area (Å²) < 4.78 is 12.7. The van der Waals surface area contributed by atoms with Crippen LogP contribution < -0.4 is 5.32 Å². The van der Waals surface area contributed by atoms with Gasteiger partial charge in [-0.15, -0.1) is 11.8 Å². The molecule has 3 N–H and O–H groups in total. The zero-order chi connectivity index (χ0) is 15.8. The van der Waals surface area contributed by atoms with E-state index in [0.29, 0.717) is 5.75 Å². The monoisotopic (exact) mass is 315 g/mol. The maximum Gasteiger partial charge on any atom is 0.326 e. The van der Waals surface area contributed by atoms with Gasteiger partial charge in [-0.25, -0.2) is 9.18 Å². The van der Waals surface area contributed by atoms with Crippen molar-refractivity contribution in [1.29, 1.82) is 0 Å². The van der Waals surface area contributed by atoms with E-state index in [1.54, 1.807) is 12.1 Å². The normalized spacial score (nSPS) is 11.7. The van der Waals surface area contributed by atoms with Crippen molar-refractivity contribution in [2.75, 3.05) is 5.75 Å². The number of carboxylic acid groups (broad SMARTS) is 2. The van der Waals surface area contributed by atoms with Crippen LogP contribution in [0.3, 0.4) is 0 Å². The lowest BCUT2D eigenvalue weighted by Crippen LogP contribution is -2.42. The van der Waals surface area contributed by atoms with Crippen molar-refractivity contribution in [3.63, 3.8) is 0 Å². The largest absolute Gasteiger partial charge is 0.481 e. The Balaban J connectivity index is 2.37. The highest BCUT2D eigenvalue weighted by molar-refractivity contribution is 7.99. The number of amides is 1. The summed E-state index contributed by atoms with van der Waals surface area (Å²) in [5.41, 5.74) is 0. The predicted octanol–water partition coefficient (Wildman–Crippen LogP) is 1.35. The van der Waals surface area contributed by atoms with Crippen LogP contribution in [0.2, 0.25) is 0 Å². The summed E-state index contributed by atoms with van der Waals surface area (Å²) in [6.07, 6.45) is -0.641. The zero-order valence-electron chi connectivity index (χ0n) is 10.9. The van der Waals surface area contributed by atoms with Gasteiger partial charge in [0.05, 0.1) is 6.42 Å². The van der Waals surface area contributed by atoms with Crippen LogP contribution in [0.4, 0.5) is 4.39 Å². The molecule has 1 amide bonds. The maximum absolute atomic E-state index is 12.7. The summed E-state index contributed by atoms with van der Waals surface area (Å²) in [5, 5.41) is 19.5. The van der Waals surface area contributed by atoms with E-state index in [9.17, 15) is 18.8 Å². The number of carbonyl (C=O) groups is 3. The van der Waals surface area contributed by atoms with Crippen LogP contribution in [0.5, 0.6) is 0 Å². The molecule has 21 heavy (non-hydrogen) atoms. The molecule has 6 nitrogen and oxygen atoms in total. The topological polar surface area (TPSA) is 104 Å². The highest BCUT2D eigenvalue weighted by Crippen LogP contribution is 2.18. The van der Waals surface area contributed by atoms with E-state index in [2.05, 4.69) is 5.32 Å². The molecule has 1 atom stereocenters. The highest BCUT2D eigenvalue weighted by atomic mass is 32.2. The van der Waals surface area contributed by atoms with Gasteiger partial charge in [-0.05, 0) is 24.3 Å². The molecule has 0 saturated carbocycles. The minimum atomic E-state index is -1.44. The Morgan fingerprint density at radius 2 is 1.81 bits per heavy atom. The summed E-state index contributed by atoms with van der Waals surface area (Å²) in [6.45, 7) is 0. The molecule has 0 saturated heterocycles. The number of hydrogen-bond donors (Lipinski definition) is 3. The van der Waals surface area contributed by atoms with Gasteiger partial charge in [0, 0.05) is 17.1 Å². The summed E-state index contributed by atoms with van der Waals surface area (Å²) in [5.74, 6) is -3.22. The molecule has 0 fully saturated rings. The predicted molar refractivity (Wildman–Crippen MR) is 73.6 cm³/mol. The first kappa shape index (κ1) is 17.0. The maximum atomic E-state index is 12.7. The third-order valence-electron chi connectivity index (χ3n) is 2.42. The smallest absolute Gasteiger partial charge is 0.326 e. The number of carboxylic acids is 2. The lowest BCUT2D eigenvalue weighted by Gasteiger charge is -2.12. The molecule has 0 spiro atoms. The van der Waals surface area contributed by atoms with Crippen LogP contribution in [0.1, 0.15) is 12.8 Å². The van der Waals surface area contributed by atoms with Gasteiger partial charge in [0.25, 0.3) is 0 Å². The highest BCUT2D eigenvalue weighted by Gasteiger charge is 2.22. The molecule has 0 radical (unpaired) electrons. The van der Waals surface area contributed by atoms with Crippen molar-refractivity contribution >= 4 is 29.6 Å². The summed E-state index contributed by atoms with van der Waals surface area (Å²) in [7, 11) is 0. The lowest BCUT2D eigenvalue weighted by molar-refractivity contribution is -0.147. The van der Waals surface area contributed by atoms with E-state index in [0.717, 1.165) is 4.90 Å². The second-order valence-corrected chi connectivity index (χ2v) is 5.28. The second-order valence-electron chi connectivity index (χ2n) is 4.11. The first-order chi connectivity index (χ1) is 9.88. The first-order valence-electron chi connectivity index (χ1n) is 6.01. The second kappa shape index (κ2) is 8.25. The molecular weight excluding hydrogens is 301 g/mol. The minimum Gasteiger partial charge on any atom is -0.481 e. The zero-order valence-corrected chi connectivity index (χ0v) is 11.7. The number of thioether (sulfide) groups is 1. The van der Waals surface area contributed by atoms with Gasteiger partial charge < -0.3 is 15.5 Å². The van der Waals surface area contributed by atoms with Crippen LogP contribution in [-0.2, 0) is 14.4 Å². The average Bonchev–Trinajstić information content (AvgIpc) is 2.39. The molecule has 8 heteroatoms. The quantitative estimate of drug-likeness (QED) is 0.626. The molecule has 1 rings (SSSR count). The van der Waals surface area contributed by atoms with Crippen molar-refractivity contribution in [3.05, 3.63) is 30.1 Å². The Bertz CT molecular complexity index is 520. The number of halogens is 1. The first-order valence-corrected chi connectivity index (χ1v) is 6.99.